The molecule has 1 saturated heterocycles. The van der Waals surface area contributed by atoms with Crippen molar-refractivity contribution in [2.45, 2.75) is 30.8 Å². The molecule has 1 amide bonds. The Morgan fingerprint density at radius 2 is 1.75 bits per heavy atom. The van der Waals surface area contributed by atoms with Gasteiger partial charge in [-0.25, -0.2) is 9.97 Å². The zero-order chi connectivity index (χ0) is 22.8. The van der Waals surface area contributed by atoms with Gasteiger partial charge >= 0.3 is 0 Å². The molecule has 2 heterocycles. The van der Waals surface area contributed by atoms with E-state index >= 15 is 0 Å². The summed E-state index contributed by atoms with van der Waals surface area (Å²) in [5, 5.41) is 4.60. The highest BCUT2D eigenvalue weighted by atomic mass is 35.5. The van der Waals surface area contributed by atoms with Crippen LogP contribution in [0.4, 0.5) is 11.5 Å². The summed E-state index contributed by atoms with van der Waals surface area (Å²) in [6.07, 6.45) is 4.18. The smallest absolute Gasteiger partial charge is 0.230 e. The minimum Gasteiger partial charge on any atom is -0.367 e. The Morgan fingerprint density at radius 3 is 2.50 bits per heavy atom. The number of aromatic nitrogens is 2. The van der Waals surface area contributed by atoms with Crippen LogP contribution in [-0.2, 0) is 4.79 Å². The summed E-state index contributed by atoms with van der Waals surface area (Å²) in [6, 6.07) is 9.67. The molecule has 1 aliphatic rings. The van der Waals surface area contributed by atoms with Gasteiger partial charge in [0, 0.05) is 38.8 Å². The number of nitrogens with two attached hydrogens (primary N) is 1. The number of halogens is 2. The summed E-state index contributed by atoms with van der Waals surface area (Å²) in [5.41, 5.74) is 6.54. The Balaban J connectivity index is 1.47. The van der Waals surface area contributed by atoms with Gasteiger partial charge in [0.25, 0.3) is 0 Å². The van der Waals surface area contributed by atoms with E-state index in [1.807, 2.05) is 24.3 Å². The molecule has 0 bridgehead atoms. The second-order valence-corrected chi connectivity index (χ2v) is 9.34. The number of nitrogens with one attached hydrogen (secondary N) is 1. The summed E-state index contributed by atoms with van der Waals surface area (Å²) in [6.45, 7) is 4.67. The molecular formula is C22H30Cl2N6OS. The van der Waals surface area contributed by atoms with Crippen LogP contribution in [0.3, 0.4) is 0 Å². The number of hydrogen-bond acceptors (Lipinski definition) is 7. The highest BCUT2D eigenvalue weighted by Gasteiger charge is 2.21. The third-order valence-corrected chi connectivity index (χ3v) is 6.60. The third-order valence-electron chi connectivity index (χ3n) is 5.24. The van der Waals surface area contributed by atoms with E-state index in [0.29, 0.717) is 16.9 Å². The van der Waals surface area contributed by atoms with E-state index in [-0.39, 0.29) is 11.7 Å². The summed E-state index contributed by atoms with van der Waals surface area (Å²) in [7, 11) is 0. The Labute approximate surface area is 204 Å². The van der Waals surface area contributed by atoms with Crippen LogP contribution in [0, 0.1) is 0 Å². The lowest BCUT2D eigenvalue weighted by Crippen LogP contribution is -2.47. The lowest BCUT2D eigenvalue weighted by atomic mass is 10.2. The summed E-state index contributed by atoms with van der Waals surface area (Å²) in [5.74, 6) is 1.03. The van der Waals surface area contributed by atoms with Gasteiger partial charge in [-0.1, -0.05) is 59.9 Å². The van der Waals surface area contributed by atoms with Gasteiger partial charge in [0.2, 0.25) is 5.91 Å². The number of carbonyl (C=O) groups excluding carboxylic acids is 1. The molecule has 174 valence electrons. The van der Waals surface area contributed by atoms with Gasteiger partial charge in [0.1, 0.15) is 11.0 Å². The Hall–Kier alpha value is -1.74. The van der Waals surface area contributed by atoms with Crippen molar-refractivity contribution in [1.29, 1.82) is 0 Å². The number of amides is 1. The molecule has 32 heavy (non-hydrogen) atoms. The normalized spacial score (nSPS) is 14.0. The number of rotatable bonds is 11. The highest BCUT2D eigenvalue weighted by molar-refractivity contribution is 7.99. The average molecular weight is 497 g/mol. The number of anilines is 2. The van der Waals surface area contributed by atoms with Crippen LogP contribution >= 0.6 is 35.0 Å². The molecule has 2 aromatic rings. The monoisotopic (exact) mass is 496 g/mol. The lowest BCUT2D eigenvalue weighted by molar-refractivity contribution is -0.118. The Kier molecular flexibility index (Phi) is 10.2. The molecule has 0 saturated carbocycles. The molecule has 1 fully saturated rings. The maximum absolute atomic E-state index is 12.1. The predicted octanol–water partition coefficient (Wildman–Crippen LogP) is 3.84. The SMILES string of the molecule is NCCCCCCNC(=O)CSc1nc(Cl)cc(N2CCN(c3ccccc3Cl)CC2)n1. The molecule has 3 N–H and O–H groups in total. The van der Waals surface area contributed by atoms with Crippen molar-refractivity contribution >= 4 is 52.4 Å². The van der Waals surface area contributed by atoms with Crippen LogP contribution in [0.2, 0.25) is 10.2 Å². The lowest BCUT2D eigenvalue weighted by Gasteiger charge is -2.37. The Morgan fingerprint density at radius 1 is 1.03 bits per heavy atom. The van der Waals surface area contributed by atoms with Crippen molar-refractivity contribution in [3.8, 4) is 0 Å². The van der Waals surface area contributed by atoms with Crippen molar-refractivity contribution in [3.63, 3.8) is 0 Å². The van der Waals surface area contributed by atoms with E-state index in [1.165, 1.54) is 11.8 Å². The predicted molar refractivity (Wildman–Crippen MR) is 134 cm³/mol. The fourth-order valence-corrected chi connectivity index (χ4v) is 4.69. The molecule has 7 nitrogen and oxygen atoms in total. The minimum absolute atomic E-state index is 0.0210. The van der Waals surface area contributed by atoms with Crippen LogP contribution in [0.5, 0.6) is 0 Å². The molecule has 1 aromatic heterocycles. The van der Waals surface area contributed by atoms with Crippen LogP contribution < -0.4 is 20.9 Å². The van der Waals surface area contributed by atoms with Crippen molar-refractivity contribution in [2.24, 2.45) is 5.73 Å². The molecule has 3 rings (SSSR count). The van der Waals surface area contributed by atoms with Gasteiger partial charge in [-0.15, -0.1) is 0 Å². The number of piperazine rings is 1. The van der Waals surface area contributed by atoms with E-state index in [0.717, 1.165) is 74.9 Å². The largest absolute Gasteiger partial charge is 0.367 e. The van der Waals surface area contributed by atoms with E-state index < -0.39 is 0 Å². The van der Waals surface area contributed by atoms with Crippen LogP contribution in [0.25, 0.3) is 0 Å². The van der Waals surface area contributed by atoms with Gasteiger partial charge in [-0.3, -0.25) is 4.79 Å². The number of thioether (sulfide) groups is 1. The van der Waals surface area contributed by atoms with Crippen molar-refractivity contribution in [2.75, 3.05) is 54.8 Å². The highest BCUT2D eigenvalue weighted by Crippen LogP contribution is 2.28. The van der Waals surface area contributed by atoms with Gasteiger partial charge in [0.05, 0.1) is 16.5 Å². The molecule has 10 heteroatoms. The second kappa shape index (κ2) is 13.1. The number of benzene rings is 1. The molecule has 0 atom stereocenters. The number of hydrogen-bond donors (Lipinski definition) is 2. The molecule has 0 spiro atoms. The quantitative estimate of drug-likeness (QED) is 0.211. The second-order valence-electron chi connectivity index (χ2n) is 7.60. The topological polar surface area (TPSA) is 87.4 Å². The van der Waals surface area contributed by atoms with Crippen LogP contribution in [-0.4, -0.2) is 60.9 Å². The number of para-hydroxylation sites is 1. The summed E-state index contributed by atoms with van der Waals surface area (Å²) >= 11 is 13.9. The first-order chi connectivity index (χ1) is 15.6. The number of carbonyl (C=O) groups is 1. The molecule has 0 aliphatic carbocycles. The van der Waals surface area contributed by atoms with Gasteiger partial charge < -0.3 is 20.9 Å². The maximum atomic E-state index is 12.1. The van der Waals surface area contributed by atoms with Gasteiger partial charge in [-0.05, 0) is 31.5 Å². The summed E-state index contributed by atoms with van der Waals surface area (Å²) < 4.78 is 0. The van der Waals surface area contributed by atoms with Gasteiger partial charge in [-0.2, -0.15) is 0 Å². The molecule has 1 aliphatic heterocycles. The van der Waals surface area contributed by atoms with Crippen LogP contribution in [0.15, 0.2) is 35.5 Å². The minimum atomic E-state index is -0.0210. The van der Waals surface area contributed by atoms with E-state index in [1.54, 1.807) is 6.07 Å². The Bertz CT molecular complexity index is 879. The van der Waals surface area contributed by atoms with E-state index in [2.05, 4.69) is 25.1 Å². The molecule has 1 aromatic carbocycles. The van der Waals surface area contributed by atoms with E-state index in [9.17, 15) is 4.79 Å². The fourth-order valence-electron chi connectivity index (χ4n) is 3.53. The molecule has 0 radical (unpaired) electrons. The standard InChI is InChI=1S/C22H30Cl2N6OS/c23-17-7-3-4-8-18(17)29-11-13-30(14-12-29)20-15-19(24)27-22(28-20)32-16-21(31)26-10-6-2-1-5-9-25/h3-4,7-8,15H,1-2,5-6,9-14,16,25H2,(H,26,31). The van der Waals surface area contributed by atoms with Crippen molar-refractivity contribution in [1.82, 2.24) is 15.3 Å². The number of nitrogens with zero attached hydrogens (tertiary/aromatic N) is 4. The van der Waals surface area contributed by atoms with Crippen molar-refractivity contribution in [3.05, 3.63) is 40.5 Å². The van der Waals surface area contributed by atoms with Gasteiger partial charge in [0.15, 0.2) is 5.16 Å². The average Bonchev–Trinajstić information content (AvgIpc) is 2.80. The summed E-state index contributed by atoms with van der Waals surface area (Å²) in [4.78, 5) is 25.5. The maximum Gasteiger partial charge on any atom is 0.230 e. The molecular weight excluding hydrogens is 467 g/mol. The van der Waals surface area contributed by atoms with Crippen LogP contribution in [0.1, 0.15) is 25.7 Å². The zero-order valence-corrected chi connectivity index (χ0v) is 20.4. The first kappa shape index (κ1) is 24.9. The van der Waals surface area contributed by atoms with E-state index in [4.69, 9.17) is 28.9 Å². The zero-order valence-electron chi connectivity index (χ0n) is 18.1. The molecule has 0 unspecified atom stereocenters. The third kappa shape index (κ3) is 7.69. The first-order valence-electron chi connectivity index (χ1n) is 11.0. The first-order valence-corrected chi connectivity index (χ1v) is 12.7. The number of unbranched alkanes of at least 4 members (excludes halogenated alkanes) is 3. The fraction of sp³-hybridized carbons (Fsp3) is 0.500. The van der Waals surface area contributed by atoms with Crippen molar-refractivity contribution < 1.29 is 4.79 Å².